The van der Waals surface area contributed by atoms with Crippen LogP contribution in [0.3, 0.4) is 0 Å². The predicted octanol–water partition coefficient (Wildman–Crippen LogP) is 2.47. The van der Waals surface area contributed by atoms with E-state index in [1.807, 2.05) is 18.2 Å². The number of para-hydroxylation sites is 2. The molecule has 1 amide bonds. The van der Waals surface area contributed by atoms with Crippen LogP contribution in [0.25, 0.3) is 0 Å². The Kier molecular flexibility index (Phi) is 4.43. The SMILES string of the molecule is CCC1CCC(C)N1CC(=O)Nc1ccccc1N. The third-order valence-corrected chi connectivity index (χ3v) is 3.99. The highest BCUT2D eigenvalue weighted by Gasteiger charge is 2.30. The summed E-state index contributed by atoms with van der Waals surface area (Å²) in [5, 5.41) is 2.90. The summed E-state index contributed by atoms with van der Waals surface area (Å²) in [6.07, 6.45) is 3.47. The van der Waals surface area contributed by atoms with Gasteiger partial charge in [0.15, 0.2) is 0 Å². The van der Waals surface area contributed by atoms with Gasteiger partial charge >= 0.3 is 0 Å². The van der Waals surface area contributed by atoms with E-state index < -0.39 is 0 Å². The Morgan fingerprint density at radius 2 is 2.16 bits per heavy atom. The predicted molar refractivity (Wildman–Crippen MR) is 79.0 cm³/mol. The summed E-state index contributed by atoms with van der Waals surface area (Å²) in [7, 11) is 0. The van der Waals surface area contributed by atoms with Crippen molar-refractivity contribution in [2.75, 3.05) is 17.6 Å². The van der Waals surface area contributed by atoms with Gasteiger partial charge in [0.25, 0.3) is 0 Å². The highest BCUT2D eigenvalue weighted by atomic mass is 16.2. The average Bonchev–Trinajstić information content (AvgIpc) is 2.73. The van der Waals surface area contributed by atoms with Crippen molar-refractivity contribution < 1.29 is 4.79 Å². The Balaban J connectivity index is 1.96. The van der Waals surface area contributed by atoms with Gasteiger partial charge in [0.1, 0.15) is 0 Å². The third-order valence-electron chi connectivity index (χ3n) is 3.99. The highest BCUT2D eigenvalue weighted by Crippen LogP contribution is 2.25. The third kappa shape index (κ3) is 3.26. The molecule has 0 aromatic heterocycles. The lowest BCUT2D eigenvalue weighted by Crippen LogP contribution is -2.40. The monoisotopic (exact) mass is 261 g/mol. The van der Waals surface area contributed by atoms with Gasteiger partial charge < -0.3 is 11.1 Å². The van der Waals surface area contributed by atoms with Crippen LogP contribution in [0.4, 0.5) is 11.4 Å². The van der Waals surface area contributed by atoms with Crippen molar-refractivity contribution in [1.29, 1.82) is 0 Å². The molecule has 4 nitrogen and oxygen atoms in total. The van der Waals surface area contributed by atoms with Crippen LogP contribution in [-0.2, 0) is 4.79 Å². The Hall–Kier alpha value is -1.55. The summed E-state index contributed by atoms with van der Waals surface area (Å²) >= 11 is 0. The van der Waals surface area contributed by atoms with E-state index in [2.05, 4.69) is 24.1 Å². The Morgan fingerprint density at radius 3 is 2.84 bits per heavy atom. The Morgan fingerprint density at radius 1 is 1.42 bits per heavy atom. The molecule has 0 saturated carbocycles. The van der Waals surface area contributed by atoms with E-state index in [4.69, 9.17) is 5.73 Å². The van der Waals surface area contributed by atoms with Gasteiger partial charge in [0.05, 0.1) is 17.9 Å². The lowest BCUT2D eigenvalue weighted by molar-refractivity contribution is -0.118. The van der Waals surface area contributed by atoms with Crippen molar-refractivity contribution in [3.8, 4) is 0 Å². The van der Waals surface area contributed by atoms with Crippen LogP contribution in [0.2, 0.25) is 0 Å². The molecule has 19 heavy (non-hydrogen) atoms. The number of benzene rings is 1. The van der Waals surface area contributed by atoms with Gasteiger partial charge in [-0.3, -0.25) is 9.69 Å². The van der Waals surface area contributed by atoms with Crippen LogP contribution in [0.5, 0.6) is 0 Å². The van der Waals surface area contributed by atoms with Crippen LogP contribution in [0, 0.1) is 0 Å². The van der Waals surface area contributed by atoms with E-state index in [-0.39, 0.29) is 5.91 Å². The molecule has 1 aliphatic rings. The molecule has 2 atom stereocenters. The van der Waals surface area contributed by atoms with Crippen LogP contribution in [0.15, 0.2) is 24.3 Å². The van der Waals surface area contributed by atoms with E-state index in [1.165, 1.54) is 12.8 Å². The first kappa shape index (κ1) is 13.9. The first-order chi connectivity index (χ1) is 9.11. The summed E-state index contributed by atoms with van der Waals surface area (Å²) in [5.41, 5.74) is 7.14. The lowest BCUT2D eigenvalue weighted by atomic mass is 10.1. The zero-order valence-electron chi connectivity index (χ0n) is 11.7. The minimum atomic E-state index is 0.0186. The number of nitrogens with zero attached hydrogens (tertiary/aromatic N) is 1. The standard InChI is InChI=1S/C15H23N3O/c1-3-12-9-8-11(2)18(12)10-15(19)17-14-7-5-4-6-13(14)16/h4-7,11-12H,3,8-10,16H2,1-2H3,(H,17,19). The van der Waals surface area contributed by atoms with Gasteiger partial charge in [-0.2, -0.15) is 0 Å². The molecule has 104 valence electrons. The van der Waals surface area contributed by atoms with Crippen molar-refractivity contribution in [2.45, 2.75) is 45.2 Å². The molecule has 1 aliphatic heterocycles. The molecule has 2 unspecified atom stereocenters. The number of hydrogen-bond acceptors (Lipinski definition) is 3. The van der Waals surface area contributed by atoms with Crippen molar-refractivity contribution in [3.05, 3.63) is 24.3 Å². The number of hydrogen-bond donors (Lipinski definition) is 2. The Labute approximate surface area is 115 Å². The maximum atomic E-state index is 12.1. The summed E-state index contributed by atoms with van der Waals surface area (Å²) < 4.78 is 0. The van der Waals surface area contributed by atoms with Crippen LogP contribution in [0.1, 0.15) is 33.1 Å². The van der Waals surface area contributed by atoms with Crippen LogP contribution < -0.4 is 11.1 Å². The fraction of sp³-hybridized carbons (Fsp3) is 0.533. The topological polar surface area (TPSA) is 58.4 Å². The van der Waals surface area contributed by atoms with E-state index in [1.54, 1.807) is 6.07 Å². The molecular weight excluding hydrogens is 238 g/mol. The number of anilines is 2. The maximum Gasteiger partial charge on any atom is 0.238 e. The molecule has 0 aliphatic carbocycles. The Bertz CT molecular complexity index is 447. The minimum Gasteiger partial charge on any atom is -0.397 e. The number of nitrogens with one attached hydrogen (secondary N) is 1. The molecule has 2 rings (SSSR count). The number of rotatable bonds is 4. The van der Waals surface area contributed by atoms with E-state index in [9.17, 15) is 4.79 Å². The van der Waals surface area contributed by atoms with Gasteiger partial charge in [0.2, 0.25) is 5.91 Å². The van der Waals surface area contributed by atoms with Crippen LogP contribution in [-0.4, -0.2) is 29.4 Å². The average molecular weight is 261 g/mol. The lowest BCUT2D eigenvalue weighted by Gasteiger charge is -2.26. The molecule has 4 heteroatoms. The molecule has 0 bridgehead atoms. The minimum absolute atomic E-state index is 0.0186. The first-order valence-corrected chi connectivity index (χ1v) is 7.02. The number of amides is 1. The van der Waals surface area contributed by atoms with Crippen LogP contribution >= 0.6 is 0 Å². The van der Waals surface area contributed by atoms with Crippen molar-refractivity contribution >= 4 is 17.3 Å². The molecule has 1 heterocycles. The summed E-state index contributed by atoms with van der Waals surface area (Å²) in [5.74, 6) is 0.0186. The van der Waals surface area contributed by atoms with Gasteiger partial charge in [-0.25, -0.2) is 0 Å². The maximum absolute atomic E-state index is 12.1. The summed E-state index contributed by atoms with van der Waals surface area (Å²) in [4.78, 5) is 14.4. The largest absolute Gasteiger partial charge is 0.397 e. The van der Waals surface area contributed by atoms with Gasteiger partial charge in [-0.1, -0.05) is 19.1 Å². The second kappa shape index (κ2) is 6.06. The smallest absolute Gasteiger partial charge is 0.238 e. The fourth-order valence-corrected chi connectivity index (χ4v) is 2.82. The van der Waals surface area contributed by atoms with Gasteiger partial charge in [0, 0.05) is 12.1 Å². The summed E-state index contributed by atoms with van der Waals surface area (Å²) in [6, 6.07) is 8.39. The highest BCUT2D eigenvalue weighted by molar-refractivity contribution is 5.95. The molecule has 3 N–H and O–H groups in total. The first-order valence-electron chi connectivity index (χ1n) is 7.02. The van der Waals surface area contributed by atoms with Crippen molar-refractivity contribution in [2.24, 2.45) is 0 Å². The fourth-order valence-electron chi connectivity index (χ4n) is 2.82. The number of carbonyl (C=O) groups excluding carboxylic acids is 1. The van der Waals surface area contributed by atoms with Crippen molar-refractivity contribution in [1.82, 2.24) is 4.90 Å². The normalized spacial score (nSPS) is 23.5. The second-order valence-electron chi connectivity index (χ2n) is 5.30. The molecule has 1 saturated heterocycles. The van der Waals surface area contributed by atoms with E-state index in [0.29, 0.717) is 30.0 Å². The van der Waals surface area contributed by atoms with Crippen molar-refractivity contribution in [3.63, 3.8) is 0 Å². The molecular formula is C15H23N3O. The molecule has 1 aromatic carbocycles. The quantitative estimate of drug-likeness (QED) is 0.819. The van der Waals surface area contributed by atoms with Gasteiger partial charge in [-0.15, -0.1) is 0 Å². The molecule has 0 spiro atoms. The molecule has 1 fully saturated rings. The van der Waals surface area contributed by atoms with E-state index >= 15 is 0 Å². The zero-order chi connectivity index (χ0) is 13.8. The number of carbonyl (C=O) groups is 1. The summed E-state index contributed by atoms with van der Waals surface area (Å²) in [6.45, 7) is 4.83. The molecule has 0 radical (unpaired) electrons. The zero-order valence-corrected chi connectivity index (χ0v) is 11.7. The number of nitrogen functional groups attached to an aromatic ring is 1. The molecule has 1 aromatic rings. The second-order valence-corrected chi connectivity index (χ2v) is 5.30. The number of likely N-dealkylation sites (tertiary alicyclic amines) is 1. The van der Waals surface area contributed by atoms with E-state index in [0.717, 1.165) is 6.42 Å². The number of nitrogens with two attached hydrogens (primary N) is 1. The van der Waals surface area contributed by atoms with Gasteiger partial charge in [-0.05, 0) is 38.3 Å².